The molecule has 1 aromatic carbocycles. The summed E-state index contributed by atoms with van der Waals surface area (Å²) in [6.07, 6.45) is 10.3. The number of esters is 1. The Morgan fingerprint density at radius 1 is 1.06 bits per heavy atom. The molecule has 5 aliphatic rings. The molecule has 1 N–H and O–H groups in total. The Kier molecular flexibility index (Phi) is 5.40. The van der Waals surface area contributed by atoms with Crippen molar-refractivity contribution in [3.63, 3.8) is 0 Å². The van der Waals surface area contributed by atoms with Gasteiger partial charge in [-0.3, -0.25) is 4.79 Å². The summed E-state index contributed by atoms with van der Waals surface area (Å²) in [5.41, 5.74) is 0.735. The van der Waals surface area contributed by atoms with E-state index >= 15 is 0 Å². The van der Waals surface area contributed by atoms with Gasteiger partial charge in [0, 0.05) is 18.0 Å². The summed E-state index contributed by atoms with van der Waals surface area (Å²) in [4.78, 5) is 25.1. The Hall–Kier alpha value is -2.50. The monoisotopic (exact) mass is 425 g/mol. The van der Waals surface area contributed by atoms with Gasteiger partial charge in [0.15, 0.2) is 17.6 Å². The van der Waals surface area contributed by atoms with Gasteiger partial charge in [-0.1, -0.05) is 6.07 Å². The van der Waals surface area contributed by atoms with E-state index in [0.29, 0.717) is 24.7 Å². The zero-order valence-electron chi connectivity index (χ0n) is 18.1. The van der Waals surface area contributed by atoms with Crippen LogP contribution in [0.4, 0.5) is 0 Å². The van der Waals surface area contributed by atoms with Crippen LogP contribution < -0.4 is 14.8 Å². The molecule has 6 rings (SSSR count). The van der Waals surface area contributed by atoms with Crippen LogP contribution in [0.15, 0.2) is 24.3 Å². The minimum absolute atomic E-state index is 0.0771. The van der Waals surface area contributed by atoms with Crippen LogP contribution in [0.5, 0.6) is 11.5 Å². The van der Waals surface area contributed by atoms with Gasteiger partial charge in [-0.05, 0) is 87.0 Å². The first-order valence-electron chi connectivity index (χ1n) is 11.6. The van der Waals surface area contributed by atoms with Crippen LogP contribution in [0.2, 0.25) is 0 Å². The maximum Gasteiger partial charge on any atom is 0.331 e. The van der Waals surface area contributed by atoms with Crippen molar-refractivity contribution in [3.05, 3.63) is 29.8 Å². The number of ether oxygens (including phenoxy) is 3. The van der Waals surface area contributed by atoms with Crippen molar-refractivity contribution in [3.8, 4) is 11.5 Å². The van der Waals surface area contributed by atoms with Crippen molar-refractivity contribution in [2.75, 3.05) is 13.2 Å². The second-order valence-electron chi connectivity index (χ2n) is 9.86. The quantitative estimate of drug-likeness (QED) is 0.573. The summed E-state index contributed by atoms with van der Waals surface area (Å²) in [6.45, 7) is 2.89. The molecule has 166 valence electrons. The molecule has 1 amide bonds. The van der Waals surface area contributed by atoms with Crippen molar-refractivity contribution in [1.29, 1.82) is 0 Å². The van der Waals surface area contributed by atoms with Gasteiger partial charge in [-0.25, -0.2) is 4.79 Å². The smallest absolute Gasteiger partial charge is 0.331 e. The Balaban J connectivity index is 1.16. The Morgan fingerprint density at radius 3 is 2.39 bits per heavy atom. The first-order chi connectivity index (χ1) is 15.0. The number of rotatable bonds is 5. The highest BCUT2D eigenvalue weighted by Gasteiger charge is 2.51. The molecule has 6 heteroatoms. The molecule has 0 spiro atoms. The van der Waals surface area contributed by atoms with Gasteiger partial charge in [-0.15, -0.1) is 0 Å². The van der Waals surface area contributed by atoms with Gasteiger partial charge < -0.3 is 19.5 Å². The van der Waals surface area contributed by atoms with E-state index in [0.717, 1.165) is 49.0 Å². The topological polar surface area (TPSA) is 73.9 Å². The molecule has 31 heavy (non-hydrogen) atoms. The number of nitrogens with one attached hydrogen (secondary N) is 1. The summed E-state index contributed by atoms with van der Waals surface area (Å²) in [5.74, 6) is 2.94. The molecule has 4 aliphatic carbocycles. The average molecular weight is 426 g/mol. The van der Waals surface area contributed by atoms with Gasteiger partial charge >= 0.3 is 5.97 Å². The minimum atomic E-state index is -0.811. The van der Waals surface area contributed by atoms with Gasteiger partial charge in [0.1, 0.15) is 0 Å². The molecule has 1 aliphatic heterocycles. The molecule has 0 unspecified atom stereocenters. The third-order valence-electron chi connectivity index (χ3n) is 7.27. The van der Waals surface area contributed by atoms with Crippen molar-refractivity contribution in [2.45, 2.75) is 63.5 Å². The molecule has 6 nitrogen and oxygen atoms in total. The van der Waals surface area contributed by atoms with Gasteiger partial charge in [0.05, 0.1) is 13.2 Å². The number of carbonyl (C=O) groups is 2. The molecule has 0 saturated heterocycles. The largest absolute Gasteiger partial charge is 0.490 e. The standard InChI is InChI=1S/C25H31NO5/c1-16(24(28)26-25-13-18-9-19(14-25)11-20(10-18)15-25)31-23(27)6-4-17-3-5-21-22(12-17)30-8-2-7-29-21/h3-6,12,16,18-20H,2,7-11,13-15H2,1H3,(H,26,28)/b6-4+/t16-,18?,19?,20?,25?/m0/s1. The third-order valence-corrected chi connectivity index (χ3v) is 7.27. The predicted molar refractivity (Wildman–Crippen MR) is 116 cm³/mol. The van der Waals surface area contributed by atoms with Crippen LogP contribution in [0.25, 0.3) is 6.08 Å². The number of benzene rings is 1. The van der Waals surface area contributed by atoms with Crippen LogP contribution in [0.3, 0.4) is 0 Å². The number of hydrogen-bond donors (Lipinski definition) is 1. The molecule has 1 aromatic rings. The zero-order chi connectivity index (χ0) is 21.4. The molecule has 4 fully saturated rings. The number of carbonyl (C=O) groups excluding carboxylic acids is 2. The highest BCUT2D eigenvalue weighted by molar-refractivity contribution is 5.90. The maximum atomic E-state index is 12.8. The molecular formula is C25H31NO5. The SMILES string of the molecule is C[C@H](OC(=O)/C=C/c1ccc2c(c1)OCCCO2)C(=O)NC12CC3CC(CC(C3)C1)C2. The van der Waals surface area contributed by atoms with Crippen molar-refractivity contribution in [2.24, 2.45) is 17.8 Å². The average Bonchev–Trinajstić information content (AvgIpc) is 2.96. The van der Waals surface area contributed by atoms with E-state index in [-0.39, 0.29) is 11.4 Å². The summed E-state index contributed by atoms with van der Waals surface area (Å²) in [6, 6.07) is 5.54. The molecule has 4 saturated carbocycles. The molecular weight excluding hydrogens is 394 g/mol. The first kappa shape index (κ1) is 20.4. The minimum Gasteiger partial charge on any atom is -0.490 e. The van der Waals surface area contributed by atoms with Crippen molar-refractivity contribution >= 4 is 18.0 Å². The number of amides is 1. The lowest BCUT2D eigenvalue weighted by Gasteiger charge is -2.57. The number of fused-ring (bicyclic) bond motifs is 1. The summed E-state index contributed by atoms with van der Waals surface area (Å²) < 4.78 is 16.7. The third kappa shape index (κ3) is 4.43. The van der Waals surface area contributed by atoms with E-state index in [1.807, 2.05) is 18.2 Å². The maximum absolute atomic E-state index is 12.8. The highest BCUT2D eigenvalue weighted by Crippen LogP contribution is 2.55. The van der Waals surface area contributed by atoms with Crippen LogP contribution in [0.1, 0.15) is 57.4 Å². The lowest BCUT2D eigenvalue weighted by Crippen LogP contribution is -2.61. The van der Waals surface area contributed by atoms with E-state index in [2.05, 4.69) is 5.32 Å². The molecule has 0 aromatic heterocycles. The summed E-state index contributed by atoms with van der Waals surface area (Å²) >= 11 is 0. The normalized spacial score (nSPS) is 31.8. The van der Waals surface area contributed by atoms with Gasteiger partial charge in [0.2, 0.25) is 0 Å². The Bertz CT molecular complexity index is 857. The lowest BCUT2D eigenvalue weighted by atomic mass is 9.53. The van der Waals surface area contributed by atoms with E-state index in [1.54, 1.807) is 13.0 Å². The second-order valence-corrected chi connectivity index (χ2v) is 9.86. The fraction of sp³-hybridized carbons (Fsp3) is 0.600. The van der Waals surface area contributed by atoms with E-state index in [9.17, 15) is 9.59 Å². The fourth-order valence-corrected chi connectivity index (χ4v) is 6.34. The van der Waals surface area contributed by atoms with Gasteiger partial charge in [-0.2, -0.15) is 0 Å². The molecule has 1 heterocycles. The van der Waals surface area contributed by atoms with Crippen LogP contribution >= 0.6 is 0 Å². The molecule has 1 atom stereocenters. The van der Waals surface area contributed by atoms with Gasteiger partial charge in [0.25, 0.3) is 5.91 Å². The molecule has 0 radical (unpaired) electrons. The Morgan fingerprint density at radius 2 is 1.71 bits per heavy atom. The van der Waals surface area contributed by atoms with Crippen LogP contribution in [-0.4, -0.2) is 36.7 Å². The highest BCUT2D eigenvalue weighted by atomic mass is 16.5. The summed E-state index contributed by atoms with van der Waals surface area (Å²) in [7, 11) is 0. The van der Waals surface area contributed by atoms with Crippen LogP contribution in [-0.2, 0) is 14.3 Å². The zero-order valence-corrected chi connectivity index (χ0v) is 18.1. The van der Waals surface area contributed by atoms with E-state index in [4.69, 9.17) is 14.2 Å². The van der Waals surface area contributed by atoms with E-state index in [1.165, 1.54) is 25.3 Å². The second kappa shape index (κ2) is 8.21. The predicted octanol–water partition coefficient (Wildman–Crippen LogP) is 3.88. The molecule has 4 bridgehead atoms. The van der Waals surface area contributed by atoms with Crippen LogP contribution in [0, 0.1) is 17.8 Å². The van der Waals surface area contributed by atoms with Crippen molar-refractivity contribution in [1.82, 2.24) is 5.32 Å². The first-order valence-corrected chi connectivity index (χ1v) is 11.6. The van der Waals surface area contributed by atoms with E-state index < -0.39 is 12.1 Å². The fourth-order valence-electron chi connectivity index (χ4n) is 6.34. The van der Waals surface area contributed by atoms with Crippen molar-refractivity contribution < 1.29 is 23.8 Å². The Labute approximate surface area is 183 Å². The summed E-state index contributed by atoms with van der Waals surface area (Å²) in [5, 5.41) is 3.27. The number of hydrogen-bond acceptors (Lipinski definition) is 5. The lowest BCUT2D eigenvalue weighted by molar-refractivity contribution is -0.152.